The quantitative estimate of drug-likeness (QED) is 0.916. The Balaban J connectivity index is 2.09. The Bertz CT molecular complexity index is 411. The van der Waals surface area contributed by atoms with Crippen LogP contribution in [0.25, 0.3) is 0 Å². The van der Waals surface area contributed by atoms with Crippen LogP contribution in [0.15, 0.2) is 22.7 Å². The van der Waals surface area contributed by atoms with E-state index in [0.29, 0.717) is 12.0 Å². The molecule has 1 fully saturated rings. The van der Waals surface area contributed by atoms with Crippen molar-refractivity contribution in [1.29, 1.82) is 0 Å². The number of nitrogens with two attached hydrogens (primary N) is 1. The van der Waals surface area contributed by atoms with Gasteiger partial charge >= 0.3 is 0 Å². The van der Waals surface area contributed by atoms with Crippen molar-refractivity contribution in [3.63, 3.8) is 0 Å². The highest BCUT2D eigenvalue weighted by atomic mass is 79.9. The van der Waals surface area contributed by atoms with E-state index in [9.17, 15) is 0 Å². The Morgan fingerprint density at radius 2 is 2.28 bits per heavy atom. The fraction of sp³-hybridized carbons (Fsp3) is 0.571. The van der Waals surface area contributed by atoms with E-state index in [1.807, 2.05) is 12.1 Å². The van der Waals surface area contributed by atoms with Crippen LogP contribution in [0.4, 0.5) is 0 Å². The number of piperidine rings is 1. The highest BCUT2D eigenvalue weighted by molar-refractivity contribution is 9.10. The van der Waals surface area contributed by atoms with Gasteiger partial charge in [0.05, 0.1) is 5.02 Å². The second kappa shape index (κ2) is 6.38. The Morgan fingerprint density at radius 1 is 1.50 bits per heavy atom. The van der Waals surface area contributed by atoms with Crippen molar-refractivity contribution in [1.82, 2.24) is 4.90 Å². The van der Waals surface area contributed by atoms with Crippen molar-refractivity contribution in [2.45, 2.75) is 32.4 Å². The zero-order valence-corrected chi connectivity index (χ0v) is 13.0. The third-order valence-corrected chi connectivity index (χ3v) is 5.07. The molecule has 2 rings (SSSR count). The lowest BCUT2D eigenvalue weighted by Crippen LogP contribution is -2.47. The van der Waals surface area contributed by atoms with Crippen LogP contribution in [0.2, 0.25) is 5.02 Å². The van der Waals surface area contributed by atoms with E-state index in [1.54, 1.807) is 0 Å². The zero-order valence-electron chi connectivity index (χ0n) is 10.7. The highest BCUT2D eigenvalue weighted by Crippen LogP contribution is 2.27. The molecule has 1 aromatic rings. The second-order valence-corrected chi connectivity index (χ2v) is 6.40. The molecule has 1 aliphatic heterocycles. The lowest BCUT2D eigenvalue weighted by Gasteiger charge is -2.39. The molecular weight excluding hydrogens is 312 g/mol. The van der Waals surface area contributed by atoms with Gasteiger partial charge < -0.3 is 5.73 Å². The van der Waals surface area contributed by atoms with Crippen molar-refractivity contribution in [2.75, 3.05) is 13.1 Å². The molecule has 0 aliphatic carbocycles. The van der Waals surface area contributed by atoms with Crippen molar-refractivity contribution in [3.8, 4) is 0 Å². The smallest absolute Gasteiger partial charge is 0.0551 e. The van der Waals surface area contributed by atoms with Crippen molar-refractivity contribution in [3.05, 3.63) is 33.3 Å². The van der Waals surface area contributed by atoms with Gasteiger partial charge in [-0.3, -0.25) is 4.90 Å². The molecule has 2 nitrogen and oxygen atoms in total. The fourth-order valence-corrected chi connectivity index (χ4v) is 3.23. The minimum atomic E-state index is 0.501. The van der Waals surface area contributed by atoms with E-state index in [0.717, 1.165) is 29.1 Å². The maximum atomic E-state index is 6.14. The number of hydrogen-bond acceptors (Lipinski definition) is 2. The lowest BCUT2D eigenvalue weighted by atomic mass is 9.90. The van der Waals surface area contributed by atoms with Gasteiger partial charge in [-0.15, -0.1) is 0 Å². The van der Waals surface area contributed by atoms with E-state index in [2.05, 4.69) is 33.8 Å². The van der Waals surface area contributed by atoms with Crippen LogP contribution in [0, 0.1) is 5.92 Å². The second-order valence-electron chi connectivity index (χ2n) is 5.14. The zero-order chi connectivity index (χ0) is 13.1. The molecule has 1 aliphatic rings. The number of likely N-dealkylation sites (tertiary alicyclic amines) is 1. The fourth-order valence-electron chi connectivity index (χ4n) is 2.78. The summed E-state index contributed by atoms with van der Waals surface area (Å²) in [6.45, 7) is 5.13. The molecule has 100 valence electrons. The van der Waals surface area contributed by atoms with Gasteiger partial charge in [0.2, 0.25) is 0 Å². The Labute approximate surface area is 123 Å². The first-order chi connectivity index (χ1) is 8.61. The summed E-state index contributed by atoms with van der Waals surface area (Å²) in [5.41, 5.74) is 7.18. The number of hydrogen-bond donors (Lipinski definition) is 1. The summed E-state index contributed by atoms with van der Waals surface area (Å²) >= 11 is 9.56. The number of rotatable bonds is 3. The van der Waals surface area contributed by atoms with Crippen LogP contribution < -0.4 is 5.73 Å². The Hall–Kier alpha value is -0.0900. The molecule has 2 N–H and O–H groups in total. The van der Waals surface area contributed by atoms with Crippen LogP contribution in [-0.4, -0.2) is 24.0 Å². The normalized spacial score (nSPS) is 25.3. The van der Waals surface area contributed by atoms with Gasteiger partial charge in [-0.25, -0.2) is 0 Å². The van der Waals surface area contributed by atoms with E-state index in [-0.39, 0.29) is 0 Å². The third kappa shape index (κ3) is 3.27. The molecule has 0 spiro atoms. The van der Waals surface area contributed by atoms with Crippen molar-refractivity contribution < 1.29 is 0 Å². The summed E-state index contributed by atoms with van der Waals surface area (Å²) in [6, 6.07) is 6.69. The summed E-state index contributed by atoms with van der Waals surface area (Å²) in [7, 11) is 0. The van der Waals surface area contributed by atoms with Gasteiger partial charge in [0.25, 0.3) is 0 Å². The van der Waals surface area contributed by atoms with Crippen molar-refractivity contribution >= 4 is 27.5 Å². The molecule has 0 bridgehead atoms. The van der Waals surface area contributed by atoms with Crippen LogP contribution in [0.3, 0.4) is 0 Å². The summed E-state index contributed by atoms with van der Waals surface area (Å²) in [5, 5.41) is 0.779. The summed E-state index contributed by atoms with van der Waals surface area (Å²) in [4.78, 5) is 2.49. The standard InChI is InChI=1S/C14H20BrClN2/c1-10-3-2-6-18(14(10)8-17)9-11-4-5-12(15)13(16)7-11/h4-5,7,10,14H,2-3,6,8-9,17H2,1H3. The highest BCUT2D eigenvalue weighted by Gasteiger charge is 2.27. The van der Waals surface area contributed by atoms with Gasteiger partial charge in [0.1, 0.15) is 0 Å². The average molecular weight is 332 g/mol. The van der Waals surface area contributed by atoms with E-state index < -0.39 is 0 Å². The van der Waals surface area contributed by atoms with Gasteiger partial charge in [0, 0.05) is 23.6 Å². The summed E-state index contributed by atoms with van der Waals surface area (Å²) in [5.74, 6) is 0.690. The molecule has 1 saturated heterocycles. The SMILES string of the molecule is CC1CCCN(Cc2ccc(Br)c(Cl)c2)C1CN. The maximum Gasteiger partial charge on any atom is 0.0551 e. The predicted molar refractivity (Wildman–Crippen MR) is 80.8 cm³/mol. The number of nitrogens with zero attached hydrogens (tertiary/aromatic N) is 1. The molecule has 1 aromatic carbocycles. The first-order valence-electron chi connectivity index (χ1n) is 6.50. The Kier molecular flexibility index (Phi) is 5.07. The molecule has 0 radical (unpaired) electrons. The molecule has 1 heterocycles. The first-order valence-corrected chi connectivity index (χ1v) is 7.67. The molecule has 0 amide bonds. The van der Waals surface area contributed by atoms with E-state index in [1.165, 1.54) is 18.4 Å². The average Bonchev–Trinajstić information content (AvgIpc) is 2.34. The first kappa shape index (κ1) is 14.3. The lowest BCUT2D eigenvalue weighted by molar-refractivity contribution is 0.0991. The van der Waals surface area contributed by atoms with Gasteiger partial charge in [-0.1, -0.05) is 24.6 Å². The largest absolute Gasteiger partial charge is 0.329 e. The molecule has 18 heavy (non-hydrogen) atoms. The number of benzene rings is 1. The molecule has 0 saturated carbocycles. The van der Waals surface area contributed by atoms with E-state index in [4.69, 9.17) is 17.3 Å². The monoisotopic (exact) mass is 330 g/mol. The van der Waals surface area contributed by atoms with Crippen LogP contribution in [-0.2, 0) is 6.54 Å². The van der Waals surface area contributed by atoms with Crippen LogP contribution in [0.1, 0.15) is 25.3 Å². The van der Waals surface area contributed by atoms with Crippen LogP contribution in [0.5, 0.6) is 0 Å². The summed E-state index contributed by atoms with van der Waals surface area (Å²) < 4.78 is 0.954. The van der Waals surface area contributed by atoms with Gasteiger partial charge in [-0.2, -0.15) is 0 Å². The summed E-state index contributed by atoms with van der Waals surface area (Å²) in [6.07, 6.45) is 2.56. The van der Waals surface area contributed by atoms with Crippen LogP contribution >= 0.6 is 27.5 Å². The van der Waals surface area contributed by atoms with E-state index >= 15 is 0 Å². The Morgan fingerprint density at radius 3 is 2.94 bits per heavy atom. The van der Waals surface area contributed by atoms with Crippen molar-refractivity contribution in [2.24, 2.45) is 11.7 Å². The van der Waals surface area contributed by atoms with Gasteiger partial charge in [0.15, 0.2) is 0 Å². The molecule has 0 aromatic heterocycles. The molecular formula is C14H20BrClN2. The minimum Gasteiger partial charge on any atom is -0.329 e. The topological polar surface area (TPSA) is 29.3 Å². The third-order valence-electron chi connectivity index (χ3n) is 3.84. The minimum absolute atomic E-state index is 0.501. The predicted octanol–water partition coefficient (Wildman–Crippen LogP) is 3.66. The molecule has 2 atom stereocenters. The van der Waals surface area contributed by atoms with Gasteiger partial charge in [-0.05, 0) is 58.9 Å². The maximum absolute atomic E-state index is 6.14. The molecule has 2 unspecified atom stereocenters. The molecule has 4 heteroatoms. The number of halogens is 2.